The Morgan fingerprint density at radius 1 is 1.62 bits per heavy atom. The average molecular weight is 232 g/mol. The molecule has 0 aliphatic rings. The Hall–Kier alpha value is -1.19. The highest BCUT2D eigenvalue weighted by Gasteiger charge is 2.11. The highest BCUT2D eigenvalue weighted by molar-refractivity contribution is 7.17. The van der Waals surface area contributed by atoms with Crippen LogP contribution in [0.1, 0.15) is 25.5 Å². The summed E-state index contributed by atoms with van der Waals surface area (Å²) in [7, 11) is 0. The Balaban J connectivity index is 2.39. The maximum absolute atomic E-state index is 4.46. The number of fused-ring (bicyclic) bond motifs is 1. The molecule has 2 nitrogen and oxygen atoms in total. The molecule has 16 heavy (non-hydrogen) atoms. The van der Waals surface area contributed by atoms with Crippen molar-refractivity contribution in [1.82, 2.24) is 10.3 Å². The third-order valence-corrected chi connectivity index (χ3v) is 3.41. The van der Waals surface area contributed by atoms with Crippen LogP contribution in [0.25, 0.3) is 10.2 Å². The minimum atomic E-state index is 0.212. The molecule has 2 heterocycles. The van der Waals surface area contributed by atoms with E-state index in [0.717, 1.165) is 17.6 Å². The van der Waals surface area contributed by atoms with Gasteiger partial charge < -0.3 is 5.32 Å². The quantitative estimate of drug-likeness (QED) is 0.816. The molecule has 1 N–H and O–H groups in total. The first-order chi connectivity index (χ1) is 7.72. The number of hydrogen-bond donors (Lipinski definition) is 1. The van der Waals surface area contributed by atoms with Crippen molar-refractivity contribution < 1.29 is 0 Å². The monoisotopic (exact) mass is 232 g/mol. The molecule has 0 amide bonds. The van der Waals surface area contributed by atoms with Gasteiger partial charge in [-0.2, -0.15) is 0 Å². The van der Waals surface area contributed by atoms with Gasteiger partial charge in [-0.3, -0.25) is 4.98 Å². The molecule has 0 aliphatic heterocycles. The lowest BCUT2D eigenvalue weighted by molar-refractivity contribution is 0.620. The Morgan fingerprint density at radius 2 is 2.44 bits per heavy atom. The first-order valence-corrected chi connectivity index (χ1v) is 6.32. The molecule has 1 atom stereocenters. The second kappa shape index (κ2) is 4.76. The van der Waals surface area contributed by atoms with E-state index < -0.39 is 0 Å². The summed E-state index contributed by atoms with van der Waals surface area (Å²) in [5.41, 5.74) is 3.40. The van der Waals surface area contributed by atoms with Crippen molar-refractivity contribution in [2.75, 3.05) is 6.54 Å². The summed E-state index contributed by atoms with van der Waals surface area (Å²) < 4.78 is 1.24. The Kier molecular flexibility index (Phi) is 3.36. The third-order valence-electron chi connectivity index (χ3n) is 2.56. The maximum atomic E-state index is 4.46. The van der Waals surface area contributed by atoms with Crippen LogP contribution in [0, 0.1) is 0 Å². The van der Waals surface area contributed by atoms with Gasteiger partial charge in [-0.1, -0.05) is 19.1 Å². The number of thiophene rings is 1. The molecular weight excluding hydrogens is 216 g/mol. The average Bonchev–Trinajstić information content (AvgIpc) is 2.72. The zero-order chi connectivity index (χ0) is 11.5. The number of pyridine rings is 1. The summed E-state index contributed by atoms with van der Waals surface area (Å²) in [6.07, 6.45) is 1.94. The van der Waals surface area contributed by atoms with Crippen LogP contribution in [0.5, 0.6) is 0 Å². The fraction of sp³-hybridized carbons (Fsp3) is 0.308. The normalized spacial score (nSPS) is 12.9. The highest BCUT2D eigenvalue weighted by Crippen LogP contribution is 2.25. The van der Waals surface area contributed by atoms with E-state index in [9.17, 15) is 0 Å². The molecule has 0 radical (unpaired) electrons. The zero-order valence-corrected chi connectivity index (χ0v) is 10.5. The van der Waals surface area contributed by atoms with Gasteiger partial charge in [-0.05, 0) is 36.5 Å². The number of likely N-dealkylation sites (N-methyl/N-ethyl adjacent to an activating group) is 1. The van der Waals surface area contributed by atoms with Gasteiger partial charge in [-0.15, -0.1) is 11.3 Å². The van der Waals surface area contributed by atoms with E-state index in [1.165, 1.54) is 10.3 Å². The lowest BCUT2D eigenvalue weighted by Crippen LogP contribution is -2.21. The highest BCUT2D eigenvalue weighted by atomic mass is 32.1. The molecule has 0 saturated heterocycles. The van der Waals surface area contributed by atoms with Gasteiger partial charge in [0.2, 0.25) is 0 Å². The second-order valence-corrected chi connectivity index (χ2v) is 4.86. The number of hydrogen-bond acceptors (Lipinski definition) is 3. The van der Waals surface area contributed by atoms with Crippen molar-refractivity contribution in [3.8, 4) is 0 Å². The van der Waals surface area contributed by atoms with Gasteiger partial charge in [0.05, 0.1) is 16.3 Å². The predicted octanol–water partition coefficient (Wildman–Crippen LogP) is 3.52. The topological polar surface area (TPSA) is 24.9 Å². The smallest absolute Gasteiger partial charge is 0.0809 e. The van der Waals surface area contributed by atoms with Crippen LogP contribution in [-0.2, 0) is 0 Å². The number of nitrogens with zero attached hydrogens (tertiary/aromatic N) is 1. The van der Waals surface area contributed by atoms with Crippen LogP contribution in [0.15, 0.2) is 35.9 Å². The molecular formula is C13H16N2S. The lowest BCUT2D eigenvalue weighted by Gasteiger charge is -2.18. The molecule has 3 heteroatoms. The van der Waals surface area contributed by atoms with E-state index in [0.29, 0.717) is 0 Å². The molecule has 2 aromatic rings. The van der Waals surface area contributed by atoms with Crippen LogP contribution < -0.4 is 5.32 Å². The fourth-order valence-corrected chi connectivity index (χ4v) is 2.59. The summed E-state index contributed by atoms with van der Waals surface area (Å²) >= 11 is 1.73. The van der Waals surface area contributed by atoms with Gasteiger partial charge in [0.1, 0.15) is 0 Å². The minimum absolute atomic E-state index is 0.212. The SMILES string of the molecule is C=C(C)C(NCC)c1cnc2ccsc2c1. The molecule has 0 bridgehead atoms. The largest absolute Gasteiger partial charge is 0.307 e. The van der Waals surface area contributed by atoms with E-state index in [4.69, 9.17) is 0 Å². The van der Waals surface area contributed by atoms with Crippen LogP contribution in [0.2, 0.25) is 0 Å². The van der Waals surface area contributed by atoms with E-state index >= 15 is 0 Å². The Labute approximate surface area is 100 Å². The van der Waals surface area contributed by atoms with Crippen LogP contribution >= 0.6 is 11.3 Å². The lowest BCUT2D eigenvalue weighted by atomic mass is 10.0. The molecule has 0 spiro atoms. The van der Waals surface area contributed by atoms with Crippen molar-refractivity contribution in [3.63, 3.8) is 0 Å². The first kappa shape index (κ1) is 11.3. The van der Waals surface area contributed by atoms with Gasteiger partial charge in [0, 0.05) is 6.20 Å². The van der Waals surface area contributed by atoms with Crippen LogP contribution in [-0.4, -0.2) is 11.5 Å². The summed E-state index contributed by atoms with van der Waals surface area (Å²) in [6.45, 7) is 9.11. The van der Waals surface area contributed by atoms with E-state index in [-0.39, 0.29) is 6.04 Å². The number of nitrogens with one attached hydrogen (secondary N) is 1. The Morgan fingerprint density at radius 3 is 3.12 bits per heavy atom. The second-order valence-electron chi connectivity index (χ2n) is 3.91. The number of aromatic nitrogens is 1. The van der Waals surface area contributed by atoms with Crippen molar-refractivity contribution >= 4 is 21.6 Å². The van der Waals surface area contributed by atoms with Gasteiger partial charge >= 0.3 is 0 Å². The van der Waals surface area contributed by atoms with Gasteiger partial charge in [0.15, 0.2) is 0 Å². The van der Waals surface area contributed by atoms with Gasteiger partial charge in [0.25, 0.3) is 0 Å². The summed E-state index contributed by atoms with van der Waals surface area (Å²) in [5.74, 6) is 0. The molecule has 1 unspecified atom stereocenters. The van der Waals surface area contributed by atoms with E-state index in [1.54, 1.807) is 11.3 Å². The predicted molar refractivity (Wildman–Crippen MR) is 70.9 cm³/mol. The van der Waals surface area contributed by atoms with Crippen molar-refractivity contribution in [2.24, 2.45) is 0 Å². The molecule has 0 aromatic carbocycles. The molecule has 84 valence electrons. The van der Waals surface area contributed by atoms with Gasteiger partial charge in [-0.25, -0.2) is 0 Å². The van der Waals surface area contributed by atoms with Crippen molar-refractivity contribution in [2.45, 2.75) is 19.9 Å². The van der Waals surface area contributed by atoms with Crippen molar-refractivity contribution in [3.05, 3.63) is 41.4 Å². The molecule has 0 fully saturated rings. The Bertz CT molecular complexity index is 501. The summed E-state index contributed by atoms with van der Waals surface area (Å²) in [5, 5.41) is 5.49. The minimum Gasteiger partial charge on any atom is -0.307 e. The molecule has 0 aliphatic carbocycles. The standard InChI is InChI=1S/C13H16N2S/c1-4-14-13(9(2)3)10-7-12-11(15-8-10)5-6-16-12/h5-8,13-14H,2,4H2,1,3H3. The first-order valence-electron chi connectivity index (χ1n) is 5.44. The summed E-state index contributed by atoms with van der Waals surface area (Å²) in [6, 6.07) is 4.46. The molecule has 0 saturated carbocycles. The van der Waals surface area contributed by atoms with Crippen LogP contribution in [0.4, 0.5) is 0 Å². The zero-order valence-electron chi connectivity index (χ0n) is 9.66. The summed E-state index contributed by atoms with van der Waals surface area (Å²) in [4.78, 5) is 4.46. The fourth-order valence-electron chi connectivity index (χ4n) is 1.80. The van der Waals surface area contributed by atoms with Crippen molar-refractivity contribution in [1.29, 1.82) is 0 Å². The van der Waals surface area contributed by atoms with E-state index in [2.05, 4.69) is 35.2 Å². The molecule has 2 aromatic heterocycles. The third kappa shape index (κ3) is 2.15. The van der Waals surface area contributed by atoms with E-state index in [1.807, 2.05) is 19.2 Å². The number of rotatable bonds is 4. The maximum Gasteiger partial charge on any atom is 0.0809 e. The van der Waals surface area contributed by atoms with Crippen LogP contribution in [0.3, 0.4) is 0 Å². The molecule has 2 rings (SSSR count).